The largest absolute Gasteiger partial charge is 0.444 e. The number of nitrogens with two attached hydrogens (primary N) is 1. The smallest absolute Gasteiger partial charge is 0.410 e. The molecule has 2 aromatic rings. The number of aryl methyl sites for hydroxylation is 1. The van der Waals surface area contributed by atoms with E-state index >= 15 is 0 Å². The molecular formula is C22H31N5O3. The Balaban J connectivity index is 1.47. The van der Waals surface area contributed by atoms with Crippen molar-refractivity contribution < 1.29 is 14.3 Å². The van der Waals surface area contributed by atoms with E-state index in [4.69, 9.17) is 10.5 Å². The van der Waals surface area contributed by atoms with Crippen LogP contribution in [0.4, 0.5) is 10.6 Å². The van der Waals surface area contributed by atoms with Crippen LogP contribution in [0, 0.1) is 0 Å². The molecule has 1 fully saturated rings. The highest BCUT2D eigenvalue weighted by atomic mass is 16.6. The van der Waals surface area contributed by atoms with Crippen LogP contribution in [0.15, 0.2) is 36.4 Å². The number of amides is 2. The highest BCUT2D eigenvalue weighted by molar-refractivity contribution is 5.86. The summed E-state index contributed by atoms with van der Waals surface area (Å²) in [6.07, 6.45) is 2.46. The van der Waals surface area contributed by atoms with E-state index in [-0.39, 0.29) is 5.91 Å². The lowest BCUT2D eigenvalue weighted by atomic mass is 10.2. The Morgan fingerprint density at radius 3 is 2.70 bits per heavy atom. The molecule has 2 amide bonds. The van der Waals surface area contributed by atoms with Crippen molar-refractivity contribution in [3.63, 3.8) is 0 Å². The summed E-state index contributed by atoms with van der Waals surface area (Å²) in [5.41, 5.74) is 7.29. The Kier molecular flexibility index (Phi) is 6.64. The van der Waals surface area contributed by atoms with Gasteiger partial charge in [-0.1, -0.05) is 18.2 Å². The zero-order chi connectivity index (χ0) is 21.7. The highest BCUT2D eigenvalue weighted by Crippen LogP contribution is 2.21. The topological polar surface area (TPSA) is 102 Å². The predicted octanol–water partition coefficient (Wildman–Crippen LogP) is 2.90. The molecule has 30 heavy (non-hydrogen) atoms. The van der Waals surface area contributed by atoms with Crippen molar-refractivity contribution in [1.29, 1.82) is 0 Å². The number of ether oxygens (including phenoxy) is 1. The second-order valence-corrected chi connectivity index (χ2v) is 8.53. The second kappa shape index (κ2) is 9.19. The molecule has 1 saturated heterocycles. The summed E-state index contributed by atoms with van der Waals surface area (Å²) in [7, 11) is 0. The standard InChI is InChI=1S/C22H31N5O3/c1-22(2,3)30-21(29)26-14-8-12-18(26)20(28)24-13-7-9-16-15-19(23)27(25-16)17-10-5-4-6-11-17/h4-6,10-11,15,18H,7-9,12-14,23H2,1-3H3,(H,24,28)/t18-/m0/s1. The van der Waals surface area contributed by atoms with Crippen LogP contribution < -0.4 is 11.1 Å². The van der Waals surface area contributed by atoms with Gasteiger partial charge in [0, 0.05) is 19.2 Å². The van der Waals surface area contributed by atoms with E-state index in [2.05, 4.69) is 10.4 Å². The van der Waals surface area contributed by atoms with E-state index in [0.29, 0.717) is 31.7 Å². The maximum Gasteiger partial charge on any atom is 0.410 e. The molecule has 0 unspecified atom stereocenters. The zero-order valence-electron chi connectivity index (χ0n) is 17.9. The molecule has 8 heteroatoms. The molecule has 0 bridgehead atoms. The van der Waals surface area contributed by atoms with Crippen LogP contribution in [-0.4, -0.2) is 51.4 Å². The van der Waals surface area contributed by atoms with Gasteiger partial charge < -0.3 is 15.8 Å². The first-order chi connectivity index (χ1) is 14.2. The normalized spacial score (nSPS) is 16.5. The van der Waals surface area contributed by atoms with Gasteiger partial charge in [0.2, 0.25) is 5.91 Å². The van der Waals surface area contributed by atoms with Crippen LogP contribution in [0.25, 0.3) is 5.69 Å². The minimum atomic E-state index is -0.578. The first-order valence-corrected chi connectivity index (χ1v) is 10.4. The summed E-state index contributed by atoms with van der Waals surface area (Å²) >= 11 is 0. The maximum absolute atomic E-state index is 12.6. The highest BCUT2D eigenvalue weighted by Gasteiger charge is 2.36. The van der Waals surface area contributed by atoms with Crippen LogP contribution in [-0.2, 0) is 16.0 Å². The van der Waals surface area contributed by atoms with Crippen molar-refractivity contribution >= 4 is 17.8 Å². The Bertz CT molecular complexity index is 873. The number of nitrogens with zero attached hydrogens (tertiary/aromatic N) is 3. The Morgan fingerprint density at radius 2 is 2.00 bits per heavy atom. The van der Waals surface area contributed by atoms with E-state index in [1.807, 2.05) is 57.2 Å². The van der Waals surface area contributed by atoms with Gasteiger partial charge in [-0.25, -0.2) is 9.48 Å². The number of anilines is 1. The van der Waals surface area contributed by atoms with Gasteiger partial charge in [-0.3, -0.25) is 9.69 Å². The first kappa shape index (κ1) is 21.7. The van der Waals surface area contributed by atoms with Gasteiger partial charge in [-0.05, 0) is 58.6 Å². The quantitative estimate of drug-likeness (QED) is 0.709. The molecule has 0 aliphatic carbocycles. The van der Waals surface area contributed by atoms with Gasteiger partial charge in [0.05, 0.1) is 11.4 Å². The van der Waals surface area contributed by atoms with Crippen molar-refractivity contribution in [3.05, 3.63) is 42.1 Å². The summed E-state index contributed by atoms with van der Waals surface area (Å²) in [4.78, 5) is 26.5. The third-order valence-corrected chi connectivity index (χ3v) is 4.88. The average Bonchev–Trinajstić information content (AvgIpc) is 3.31. The molecule has 1 aromatic carbocycles. The van der Waals surface area contributed by atoms with Crippen LogP contribution in [0.2, 0.25) is 0 Å². The molecule has 1 aromatic heterocycles. The number of nitrogens with one attached hydrogen (secondary N) is 1. The van der Waals surface area contributed by atoms with Crippen LogP contribution in [0.3, 0.4) is 0 Å². The lowest BCUT2D eigenvalue weighted by molar-refractivity contribution is -0.125. The van der Waals surface area contributed by atoms with E-state index in [0.717, 1.165) is 24.2 Å². The van der Waals surface area contributed by atoms with Crippen molar-refractivity contribution in [1.82, 2.24) is 20.0 Å². The van der Waals surface area contributed by atoms with Crippen LogP contribution >= 0.6 is 0 Å². The van der Waals surface area contributed by atoms with E-state index in [1.54, 1.807) is 4.68 Å². The van der Waals surface area contributed by atoms with Gasteiger partial charge in [0.1, 0.15) is 17.5 Å². The minimum absolute atomic E-state index is 0.132. The van der Waals surface area contributed by atoms with E-state index in [1.165, 1.54) is 4.90 Å². The zero-order valence-corrected chi connectivity index (χ0v) is 17.9. The van der Waals surface area contributed by atoms with Gasteiger partial charge >= 0.3 is 6.09 Å². The molecule has 3 rings (SSSR count). The SMILES string of the molecule is CC(C)(C)OC(=O)N1CCC[C@H]1C(=O)NCCCc1cc(N)n(-c2ccccc2)n1. The number of para-hydroxylation sites is 1. The van der Waals surface area contributed by atoms with Crippen molar-refractivity contribution in [2.75, 3.05) is 18.8 Å². The molecule has 0 radical (unpaired) electrons. The third-order valence-electron chi connectivity index (χ3n) is 4.88. The summed E-state index contributed by atoms with van der Waals surface area (Å²) in [6, 6.07) is 11.1. The predicted molar refractivity (Wildman–Crippen MR) is 115 cm³/mol. The lowest BCUT2D eigenvalue weighted by Gasteiger charge is -2.28. The summed E-state index contributed by atoms with van der Waals surface area (Å²) < 4.78 is 7.13. The third kappa shape index (κ3) is 5.52. The Hall–Kier alpha value is -3.03. The Labute approximate surface area is 177 Å². The number of hydrogen-bond acceptors (Lipinski definition) is 5. The van der Waals surface area contributed by atoms with Gasteiger partial charge in [0.25, 0.3) is 0 Å². The monoisotopic (exact) mass is 413 g/mol. The Morgan fingerprint density at radius 1 is 1.27 bits per heavy atom. The second-order valence-electron chi connectivity index (χ2n) is 8.53. The summed E-state index contributed by atoms with van der Waals surface area (Å²) in [5, 5.41) is 7.49. The first-order valence-electron chi connectivity index (χ1n) is 10.4. The number of hydrogen-bond donors (Lipinski definition) is 2. The lowest BCUT2D eigenvalue weighted by Crippen LogP contribution is -2.47. The molecule has 162 valence electrons. The summed E-state index contributed by atoms with van der Waals surface area (Å²) in [6.45, 7) is 6.52. The average molecular weight is 414 g/mol. The van der Waals surface area contributed by atoms with Crippen LogP contribution in [0.5, 0.6) is 0 Å². The molecule has 1 atom stereocenters. The molecule has 3 N–H and O–H groups in total. The number of benzene rings is 1. The van der Waals surface area contributed by atoms with Gasteiger partial charge in [-0.15, -0.1) is 0 Å². The van der Waals surface area contributed by atoms with Gasteiger partial charge in [0.15, 0.2) is 0 Å². The fraction of sp³-hybridized carbons (Fsp3) is 0.500. The molecule has 1 aliphatic heterocycles. The fourth-order valence-electron chi connectivity index (χ4n) is 3.52. The molecule has 1 aliphatic rings. The number of aromatic nitrogens is 2. The minimum Gasteiger partial charge on any atom is -0.444 e. The van der Waals surface area contributed by atoms with E-state index in [9.17, 15) is 9.59 Å². The fourth-order valence-corrected chi connectivity index (χ4v) is 3.52. The molecule has 8 nitrogen and oxygen atoms in total. The van der Waals surface area contributed by atoms with Crippen molar-refractivity contribution in [3.8, 4) is 5.69 Å². The molecule has 0 spiro atoms. The van der Waals surface area contributed by atoms with Crippen molar-refractivity contribution in [2.45, 2.75) is 58.1 Å². The molecular weight excluding hydrogens is 382 g/mol. The molecule has 0 saturated carbocycles. The number of carbonyl (C=O) groups excluding carboxylic acids is 2. The maximum atomic E-state index is 12.6. The number of likely N-dealkylation sites (tertiary alicyclic amines) is 1. The summed E-state index contributed by atoms with van der Waals surface area (Å²) in [5.74, 6) is 0.451. The van der Waals surface area contributed by atoms with E-state index < -0.39 is 17.7 Å². The van der Waals surface area contributed by atoms with Gasteiger partial charge in [-0.2, -0.15) is 5.10 Å². The number of rotatable bonds is 6. The van der Waals surface area contributed by atoms with Crippen molar-refractivity contribution in [2.24, 2.45) is 0 Å². The molecule has 2 heterocycles. The number of nitrogen functional groups attached to an aromatic ring is 1. The number of carbonyl (C=O) groups is 2. The van der Waals surface area contributed by atoms with Crippen LogP contribution in [0.1, 0.15) is 45.7 Å².